The molecule has 0 unspecified atom stereocenters. The van der Waals surface area contributed by atoms with Crippen molar-refractivity contribution in [3.8, 4) is 11.1 Å². The predicted octanol–water partition coefficient (Wildman–Crippen LogP) is 4.42. The molecule has 1 N–H and O–H groups in total. The highest BCUT2D eigenvalue weighted by atomic mass is 16.4. The predicted molar refractivity (Wildman–Crippen MR) is 87.8 cm³/mol. The number of fused-ring (bicyclic) bond motifs is 1. The molecule has 0 aromatic heterocycles. The fourth-order valence-electron chi connectivity index (χ4n) is 3.15. The van der Waals surface area contributed by atoms with Gasteiger partial charge in [0.2, 0.25) is 0 Å². The Hall–Kier alpha value is -2.42. The monoisotopic (exact) mass is 293 g/mol. The lowest BCUT2D eigenvalue weighted by atomic mass is 9.85. The first-order valence-electron chi connectivity index (χ1n) is 7.39. The molecule has 3 heteroatoms. The van der Waals surface area contributed by atoms with Gasteiger partial charge in [0.15, 0.2) is 5.78 Å². The number of oxime groups is 1. The van der Waals surface area contributed by atoms with E-state index in [-0.39, 0.29) is 11.2 Å². The molecular weight excluding hydrogens is 274 g/mol. The third-order valence-corrected chi connectivity index (χ3v) is 4.39. The Morgan fingerprint density at radius 1 is 1.14 bits per heavy atom. The second kappa shape index (κ2) is 5.09. The Morgan fingerprint density at radius 3 is 2.55 bits per heavy atom. The smallest absolute Gasteiger partial charge is 0.159 e. The summed E-state index contributed by atoms with van der Waals surface area (Å²) in [6, 6.07) is 13.8. The molecule has 0 aliphatic heterocycles. The SMILES string of the molecule is CC(=O)c1cccc(-c2ccc3c(c2)C(C)(C)CC3=NO)c1. The van der Waals surface area contributed by atoms with E-state index >= 15 is 0 Å². The van der Waals surface area contributed by atoms with Crippen LogP contribution in [0.15, 0.2) is 47.6 Å². The minimum absolute atomic E-state index is 0.0505. The summed E-state index contributed by atoms with van der Waals surface area (Å²) >= 11 is 0. The summed E-state index contributed by atoms with van der Waals surface area (Å²) in [6.45, 7) is 5.88. The van der Waals surface area contributed by atoms with Gasteiger partial charge in [-0.15, -0.1) is 0 Å². The maximum atomic E-state index is 11.6. The first kappa shape index (κ1) is 14.5. The van der Waals surface area contributed by atoms with Crippen LogP contribution in [-0.2, 0) is 5.41 Å². The summed E-state index contributed by atoms with van der Waals surface area (Å²) in [5, 5.41) is 12.6. The maximum Gasteiger partial charge on any atom is 0.159 e. The van der Waals surface area contributed by atoms with Gasteiger partial charge in [0.1, 0.15) is 0 Å². The molecule has 3 rings (SSSR count). The summed E-state index contributed by atoms with van der Waals surface area (Å²) < 4.78 is 0. The molecule has 1 aliphatic rings. The second-order valence-corrected chi connectivity index (χ2v) is 6.50. The summed E-state index contributed by atoms with van der Waals surface area (Å²) in [5.41, 5.74) is 5.71. The van der Waals surface area contributed by atoms with Crippen molar-refractivity contribution in [1.29, 1.82) is 0 Å². The highest BCUT2D eigenvalue weighted by Gasteiger charge is 2.34. The summed E-state index contributed by atoms with van der Waals surface area (Å²) in [6.07, 6.45) is 0.732. The van der Waals surface area contributed by atoms with Gasteiger partial charge >= 0.3 is 0 Å². The van der Waals surface area contributed by atoms with Crippen LogP contribution in [0.3, 0.4) is 0 Å². The molecule has 0 saturated carbocycles. The molecule has 2 aromatic rings. The lowest BCUT2D eigenvalue weighted by Gasteiger charge is -2.19. The third-order valence-electron chi connectivity index (χ3n) is 4.39. The van der Waals surface area contributed by atoms with Gasteiger partial charge in [0.25, 0.3) is 0 Å². The number of rotatable bonds is 2. The zero-order valence-electron chi connectivity index (χ0n) is 13.1. The summed E-state index contributed by atoms with van der Waals surface area (Å²) in [5.74, 6) is 0.0676. The maximum absolute atomic E-state index is 11.6. The van der Waals surface area contributed by atoms with Gasteiger partial charge in [-0.2, -0.15) is 0 Å². The van der Waals surface area contributed by atoms with Crippen LogP contribution < -0.4 is 0 Å². The second-order valence-electron chi connectivity index (χ2n) is 6.50. The Morgan fingerprint density at radius 2 is 1.86 bits per heavy atom. The van der Waals surface area contributed by atoms with Gasteiger partial charge < -0.3 is 5.21 Å². The van der Waals surface area contributed by atoms with Gasteiger partial charge in [-0.1, -0.05) is 49.3 Å². The van der Waals surface area contributed by atoms with Crippen LogP contribution in [0.2, 0.25) is 0 Å². The highest BCUT2D eigenvalue weighted by Crippen LogP contribution is 2.40. The molecule has 0 fully saturated rings. The Bertz CT molecular complexity index is 788. The minimum atomic E-state index is -0.0505. The fraction of sp³-hybridized carbons (Fsp3) is 0.263. The van der Waals surface area contributed by atoms with Crippen LogP contribution in [-0.4, -0.2) is 16.7 Å². The van der Waals surface area contributed by atoms with Crippen molar-refractivity contribution in [2.24, 2.45) is 5.16 Å². The number of Topliss-reactive ketones (excluding diaryl/α,β-unsaturated/α-hetero) is 1. The molecule has 0 radical (unpaired) electrons. The molecule has 1 aliphatic carbocycles. The average molecular weight is 293 g/mol. The Kier molecular flexibility index (Phi) is 3.36. The molecule has 3 nitrogen and oxygen atoms in total. The molecule has 0 bridgehead atoms. The Balaban J connectivity index is 2.12. The van der Waals surface area contributed by atoms with Crippen LogP contribution in [0.4, 0.5) is 0 Å². The van der Waals surface area contributed by atoms with E-state index in [2.05, 4.69) is 25.1 Å². The van der Waals surface area contributed by atoms with E-state index in [1.54, 1.807) is 6.92 Å². The Labute approximate surface area is 130 Å². The lowest BCUT2D eigenvalue weighted by Crippen LogP contribution is -2.12. The first-order valence-corrected chi connectivity index (χ1v) is 7.39. The molecule has 2 aromatic carbocycles. The zero-order chi connectivity index (χ0) is 15.9. The van der Waals surface area contributed by atoms with Gasteiger partial charge in [0, 0.05) is 17.5 Å². The first-order chi connectivity index (χ1) is 10.4. The summed E-state index contributed by atoms with van der Waals surface area (Å²) in [4.78, 5) is 11.6. The quantitative estimate of drug-likeness (QED) is 0.506. The largest absolute Gasteiger partial charge is 0.411 e. The third kappa shape index (κ3) is 2.33. The average Bonchev–Trinajstić information content (AvgIpc) is 2.78. The number of carbonyl (C=O) groups excluding carboxylic acids is 1. The van der Waals surface area contributed by atoms with Crippen molar-refractivity contribution in [2.45, 2.75) is 32.6 Å². The van der Waals surface area contributed by atoms with Crippen LogP contribution in [0.25, 0.3) is 11.1 Å². The number of benzene rings is 2. The molecule has 0 spiro atoms. The van der Waals surface area contributed by atoms with Gasteiger partial charge in [-0.3, -0.25) is 4.79 Å². The van der Waals surface area contributed by atoms with E-state index in [4.69, 9.17) is 0 Å². The van der Waals surface area contributed by atoms with Crippen LogP contribution in [0, 0.1) is 0 Å². The topological polar surface area (TPSA) is 49.7 Å². The molecular formula is C19H19NO2. The van der Waals surface area contributed by atoms with Crippen molar-refractivity contribution >= 4 is 11.5 Å². The standard InChI is InChI=1S/C19H19NO2/c1-12(21)13-5-4-6-14(9-13)15-7-8-16-17(10-15)19(2,3)11-18(16)20-22/h4-10,22H,11H2,1-3H3. The molecule has 22 heavy (non-hydrogen) atoms. The summed E-state index contributed by atoms with van der Waals surface area (Å²) in [7, 11) is 0. The van der Waals surface area contributed by atoms with E-state index in [9.17, 15) is 10.0 Å². The zero-order valence-corrected chi connectivity index (χ0v) is 13.1. The molecule has 0 heterocycles. The van der Waals surface area contributed by atoms with E-state index in [1.807, 2.05) is 36.4 Å². The number of hydrogen-bond donors (Lipinski definition) is 1. The number of hydrogen-bond acceptors (Lipinski definition) is 3. The minimum Gasteiger partial charge on any atom is -0.411 e. The van der Waals surface area contributed by atoms with Crippen molar-refractivity contribution in [3.63, 3.8) is 0 Å². The van der Waals surface area contributed by atoms with Crippen molar-refractivity contribution < 1.29 is 10.0 Å². The van der Waals surface area contributed by atoms with Crippen molar-refractivity contribution in [2.75, 3.05) is 0 Å². The van der Waals surface area contributed by atoms with Crippen LogP contribution in [0.5, 0.6) is 0 Å². The van der Waals surface area contributed by atoms with Crippen molar-refractivity contribution in [3.05, 3.63) is 59.2 Å². The van der Waals surface area contributed by atoms with Gasteiger partial charge in [0.05, 0.1) is 5.71 Å². The van der Waals surface area contributed by atoms with Gasteiger partial charge in [-0.05, 0) is 41.2 Å². The number of carbonyl (C=O) groups is 1. The fourth-order valence-corrected chi connectivity index (χ4v) is 3.15. The highest BCUT2D eigenvalue weighted by molar-refractivity contribution is 6.06. The number of ketones is 1. The van der Waals surface area contributed by atoms with Crippen molar-refractivity contribution in [1.82, 2.24) is 0 Å². The van der Waals surface area contributed by atoms with E-state index < -0.39 is 0 Å². The van der Waals surface area contributed by atoms with Gasteiger partial charge in [-0.25, -0.2) is 0 Å². The normalized spacial score (nSPS) is 17.5. The van der Waals surface area contributed by atoms with E-state index in [0.717, 1.165) is 34.4 Å². The molecule has 112 valence electrons. The van der Waals surface area contributed by atoms with E-state index in [1.165, 1.54) is 5.56 Å². The van der Waals surface area contributed by atoms with Crippen LogP contribution >= 0.6 is 0 Å². The molecule has 0 atom stereocenters. The number of nitrogens with zero attached hydrogens (tertiary/aromatic N) is 1. The molecule has 0 saturated heterocycles. The van der Waals surface area contributed by atoms with E-state index in [0.29, 0.717) is 0 Å². The lowest BCUT2D eigenvalue weighted by molar-refractivity contribution is 0.101. The van der Waals surface area contributed by atoms with Crippen LogP contribution in [0.1, 0.15) is 48.7 Å². The molecule has 0 amide bonds.